The second-order valence-corrected chi connectivity index (χ2v) is 7.49. The van der Waals surface area contributed by atoms with Gasteiger partial charge in [-0.25, -0.2) is 4.39 Å². The Kier molecular flexibility index (Phi) is 5.80. The van der Waals surface area contributed by atoms with Crippen LogP contribution in [0.25, 0.3) is 0 Å². The van der Waals surface area contributed by atoms with Crippen LogP contribution in [-0.2, 0) is 9.53 Å². The van der Waals surface area contributed by atoms with E-state index in [0.29, 0.717) is 30.0 Å². The van der Waals surface area contributed by atoms with E-state index in [1.807, 2.05) is 0 Å². The lowest BCUT2D eigenvalue weighted by molar-refractivity contribution is -0.122. The Hall–Kier alpha value is -3.20. The number of nitrogens with one attached hydrogen (secondary N) is 3. The molecule has 1 saturated heterocycles. The number of rotatable bonds is 6. The van der Waals surface area contributed by atoms with Gasteiger partial charge >= 0.3 is 0 Å². The van der Waals surface area contributed by atoms with Gasteiger partial charge in [0, 0.05) is 37.9 Å². The van der Waals surface area contributed by atoms with Gasteiger partial charge in [-0.05, 0) is 43.2 Å². The van der Waals surface area contributed by atoms with E-state index in [1.54, 1.807) is 16.8 Å². The summed E-state index contributed by atoms with van der Waals surface area (Å²) in [5, 5.41) is 8.38. The first kappa shape index (κ1) is 20.1. The maximum atomic E-state index is 13.0. The van der Waals surface area contributed by atoms with E-state index >= 15 is 0 Å². The third-order valence-electron chi connectivity index (χ3n) is 5.31. The number of nitrogens with zero attached hydrogens (tertiary/aromatic N) is 1. The Morgan fingerprint density at radius 1 is 1.27 bits per heavy atom. The van der Waals surface area contributed by atoms with E-state index in [-0.39, 0.29) is 30.4 Å². The molecule has 1 aromatic carbocycles. The Bertz CT molecular complexity index is 950. The number of carbonyl (C=O) groups is 3. The number of anilines is 1. The van der Waals surface area contributed by atoms with Crippen molar-refractivity contribution in [2.75, 3.05) is 25.0 Å². The van der Waals surface area contributed by atoms with E-state index in [4.69, 9.17) is 4.74 Å². The normalized spacial score (nSPS) is 20.4. The number of ether oxygens (including phenoxy) is 1. The van der Waals surface area contributed by atoms with Gasteiger partial charge in [0.1, 0.15) is 11.5 Å². The third-order valence-corrected chi connectivity index (χ3v) is 5.31. The fourth-order valence-electron chi connectivity index (χ4n) is 3.73. The zero-order chi connectivity index (χ0) is 21.1. The molecule has 2 aliphatic heterocycles. The molecule has 0 aliphatic carbocycles. The molecule has 30 heavy (non-hydrogen) atoms. The van der Waals surface area contributed by atoms with Crippen LogP contribution in [-0.4, -0.2) is 48.1 Å². The molecule has 0 radical (unpaired) electrons. The first-order valence-electron chi connectivity index (χ1n) is 9.95. The van der Waals surface area contributed by atoms with Crippen LogP contribution in [0.15, 0.2) is 36.5 Å². The number of benzene rings is 1. The van der Waals surface area contributed by atoms with Crippen molar-refractivity contribution in [1.29, 1.82) is 0 Å². The molecule has 2 aromatic rings. The van der Waals surface area contributed by atoms with Gasteiger partial charge in [0.15, 0.2) is 0 Å². The number of amides is 3. The summed E-state index contributed by atoms with van der Waals surface area (Å²) < 4.78 is 20.3. The van der Waals surface area contributed by atoms with Crippen molar-refractivity contribution in [3.05, 3.63) is 53.6 Å². The molecular formula is C21H23FN4O4. The molecule has 158 valence electrons. The lowest BCUT2D eigenvalue weighted by Crippen LogP contribution is -2.41. The summed E-state index contributed by atoms with van der Waals surface area (Å²) in [6, 6.07) is 6.48. The molecule has 3 amide bonds. The standard InChI is InChI=1S/C21H23FN4O4/c22-14-5-3-13(4-6-14)20(28)25-15-8-18-21(29)24-10-16(26(18)12-15)9-19(27)23-11-17-2-1-7-30-17/h3-6,8,12,16-17H,1-2,7,9-11H2,(H,23,27)(H,24,29)(H,25,28). The molecule has 0 bridgehead atoms. The topological polar surface area (TPSA) is 101 Å². The van der Waals surface area contributed by atoms with Crippen molar-refractivity contribution in [3.63, 3.8) is 0 Å². The zero-order valence-corrected chi connectivity index (χ0v) is 16.3. The van der Waals surface area contributed by atoms with Crippen molar-refractivity contribution < 1.29 is 23.5 Å². The largest absolute Gasteiger partial charge is 0.376 e. The first-order valence-corrected chi connectivity index (χ1v) is 9.95. The predicted octanol–water partition coefficient (Wildman–Crippen LogP) is 1.85. The minimum atomic E-state index is -0.428. The van der Waals surface area contributed by atoms with Crippen molar-refractivity contribution in [2.24, 2.45) is 0 Å². The van der Waals surface area contributed by atoms with Gasteiger partial charge < -0.3 is 25.3 Å². The molecule has 2 aliphatic rings. The summed E-state index contributed by atoms with van der Waals surface area (Å²) in [6.45, 7) is 1.53. The highest BCUT2D eigenvalue weighted by Gasteiger charge is 2.28. The molecule has 0 spiro atoms. The fraction of sp³-hybridized carbons (Fsp3) is 0.381. The number of aromatic nitrogens is 1. The highest BCUT2D eigenvalue weighted by Crippen LogP contribution is 2.25. The lowest BCUT2D eigenvalue weighted by atomic mass is 10.1. The van der Waals surface area contributed by atoms with Crippen LogP contribution in [0.4, 0.5) is 10.1 Å². The summed E-state index contributed by atoms with van der Waals surface area (Å²) in [7, 11) is 0. The van der Waals surface area contributed by atoms with Gasteiger partial charge in [-0.1, -0.05) is 0 Å². The average molecular weight is 414 g/mol. The average Bonchev–Trinajstić information content (AvgIpc) is 3.39. The smallest absolute Gasteiger partial charge is 0.268 e. The van der Waals surface area contributed by atoms with Crippen molar-refractivity contribution >= 4 is 23.4 Å². The minimum Gasteiger partial charge on any atom is -0.376 e. The molecule has 2 unspecified atom stereocenters. The summed E-state index contributed by atoms with van der Waals surface area (Å²) in [5.41, 5.74) is 1.10. The molecule has 1 fully saturated rings. The molecule has 0 saturated carbocycles. The fourth-order valence-corrected chi connectivity index (χ4v) is 3.73. The van der Waals surface area contributed by atoms with Crippen LogP contribution >= 0.6 is 0 Å². The van der Waals surface area contributed by atoms with E-state index < -0.39 is 11.7 Å². The lowest BCUT2D eigenvalue weighted by Gasteiger charge is -2.26. The van der Waals surface area contributed by atoms with Gasteiger partial charge in [0.2, 0.25) is 5.91 Å². The van der Waals surface area contributed by atoms with Gasteiger partial charge in [-0.3, -0.25) is 14.4 Å². The Morgan fingerprint density at radius 3 is 2.80 bits per heavy atom. The summed E-state index contributed by atoms with van der Waals surface area (Å²) in [4.78, 5) is 37.0. The van der Waals surface area contributed by atoms with Crippen LogP contribution in [0.2, 0.25) is 0 Å². The van der Waals surface area contributed by atoms with Crippen LogP contribution in [0, 0.1) is 5.82 Å². The highest BCUT2D eigenvalue weighted by atomic mass is 19.1. The summed E-state index contributed by atoms with van der Waals surface area (Å²) in [6.07, 6.45) is 3.86. The van der Waals surface area contributed by atoms with Crippen molar-refractivity contribution in [3.8, 4) is 0 Å². The number of fused-ring (bicyclic) bond motifs is 1. The monoisotopic (exact) mass is 414 g/mol. The second kappa shape index (κ2) is 8.66. The third kappa shape index (κ3) is 4.51. The van der Waals surface area contributed by atoms with Crippen molar-refractivity contribution in [1.82, 2.24) is 15.2 Å². The molecule has 8 nitrogen and oxygen atoms in total. The van der Waals surface area contributed by atoms with Crippen molar-refractivity contribution in [2.45, 2.75) is 31.4 Å². The maximum absolute atomic E-state index is 13.0. The van der Waals surface area contributed by atoms with Gasteiger partial charge in [0.05, 0.1) is 17.8 Å². The molecule has 1 aromatic heterocycles. The first-order chi connectivity index (χ1) is 14.5. The molecule has 3 heterocycles. The molecule has 2 atom stereocenters. The van der Waals surface area contributed by atoms with E-state index in [9.17, 15) is 18.8 Å². The van der Waals surface area contributed by atoms with E-state index in [0.717, 1.165) is 19.4 Å². The molecule has 3 N–H and O–H groups in total. The Labute approximate surface area is 172 Å². The molecular weight excluding hydrogens is 391 g/mol. The second-order valence-electron chi connectivity index (χ2n) is 7.49. The Morgan fingerprint density at radius 2 is 2.07 bits per heavy atom. The number of carbonyl (C=O) groups excluding carboxylic acids is 3. The predicted molar refractivity (Wildman–Crippen MR) is 107 cm³/mol. The summed E-state index contributed by atoms with van der Waals surface area (Å²) in [5.74, 6) is -1.23. The highest BCUT2D eigenvalue weighted by molar-refractivity contribution is 6.05. The summed E-state index contributed by atoms with van der Waals surface area (Å²) >= 11 is 0. The number of hydrogen-bond acceptors (Lipinski definition) is 4. The van der Waals surface area contributed by atoms with Gasteiger partial charge in [-0.2, -0.15) is 0 Å². The van der Waals surface area contributed by atoms with Crippen LogP contribution < -0.4 is 16.0 Å². The molecule has 9 heteroatoms. The van der Waals surface area contributed by atoms with Gasteiger partial charge in [-0.15, -0.1) is 0 Å². The minimum absolute atomic E-state index is 0.0652. The molecule has 4 rings (SSSR count). The van der Waals surface area contributed by atoms with E-state index in [1.165, 1.54) is 24.3 Å². The van der Waals surface area contributed by atoms with Crippen LogP contribution in [0.3, 0.4) is 0 Å². The SMILES string of the molecule is O=C(CC1CNC(=O)c2cc(NC(=O)c3ccc(F)cc3)cn21)NCC1CCCO1. The van der Waals surface area contributed by atoms with Crippen LogP contribution in [0.1, 0.15) is 46.2 Å². The number of hydrogen-bond donors (Lipinski definition) is 3. The van der Waals surface area contributed by atoms with E-state index in [2.05, 4.69) is 16.0 Å². The number of halogens is 1. The zero-order valence-electron chi connectivity index (χ0n) is 16.3. The van der Waals surface area contributed by atoms with Crippen LogP contribution in [0.5, 0.6) is 0 Å². The van der Waals surface area contributed by atoms with Gasteiger partial charge in [0.25, 0.3) is 11.8 Å². The Balaban J connectivity index is 1.41. The maximum Gasteiger partial charge on any atom is 0.268 e. The quantitative estimate of drug-likeness (QED) is 0.671.